The molecule has 0 aromatic rings. The lowest BCUT2D eigenvalue weighted by Crippen LogP contribution is -2.24. The van der Waals surface area contributed by atoms with Gasteiger partial charge in [0.15, 0.2) is 0 Å². The minimum absolute atomic E-state index is 0. The summed E-state index contributed by atoms with van der Waals surface area (Å²) in [5.74, 6) is 0.962. The van der Waals surface area contributed by atoms with Gasteiger partial charge in [-0.05, 0) is 25.3 Å². The number of hydrogen-bond acceptors (Lipinski definition) is 2. The van der Waals surface area contributed by atoms with E-state index in [-0.39, 0.29) is 18.3 Å². The first-order chi connectivity index (χ1) is 7.66. The van der Waals surface area contributed by atoms with E-state index >= 15 is 0 Å². The normalized spacial score (nSPS) is 10.1. The van der Waals surface area contributed by atoms with Crippen LogP contribution in [0.4, 0.5) is 0 Å². The molecule has 17 heavy (non-hydrogen) atoms. The van der Waals surface area contributed by atoms with Crippen molar-refractivity contribution in [2.75, 3.05) is 13.1 Å². The maximum absolute atomic E-state index is 11.2. The predicted octanol–water partition coefficient (Wildman–Crippen LogP) is 2.87. The minimum Gasteiger partial charge on any atom is -0.356 e. The molecule has 0 aliphatic carbocycles. The Morgan fingerprint density at radius 3 is 2.35 bits per heavy atom. The van der Waals surface area contributed by atoms with Crippen molar-refractivity contribution >= 4 is 18.3 Å². The van der Waals surface area contributed by atoms with Crippen molar-refractivity contribution in [2.45, 2.75) is 58.8 Å². The molecule has 0 aliphatic rings. The lowest BCUT2D eigenvalue weighted by atomic mass is 10.0. The van der Waals surface area contributed by atoms with Crippen LogP contribution in [0.1, 0.15) is 58.8 Å². The van der Waals surface area contributed by atoms with Crippen molar-refractivity contribution < 1.29 is 4.79 Å². The Morgan fingerprint density at radius 1 is 1.12 bits per heavy atom. The molecule has 0 aromatic carbocycles. The van der Waals surface area contributed by atoms with E-state index < -0.39 is 0 Å². The first kappa shape index (κ1) is 19.1. The molecular formula is C13H29ClN2O. The van der Waals surface area contributed by atoms with Crippen molar-refractivity contribution in [3.8, 4) is 0 Å². The van der Waals surface area contributed by atoms with Crippen LogP contribution in [0.5, 0.6) is 0 Å². The zero-order chi connectivity index (χ0) is 12.2. The van der Waals surface area contributed by atoms with Crippen molar-refractivity contribution in [1.29, 1.82) is 0 Å². The Kier molecular flexibility index (Phi) is 15.5. The van der Waals surface area contributed by atoms with Crippen molar-refractivity contribution in [1.82, 2.24) is 5.32 Å². The molecule has 0 heterocycles. The monoisotopic (exact) mass is 264 g/mol. The first-order valence-corrected chi connectivity index (χ1v) is 6.63. The van der Waals surface area contributed by atoms with E-state index in [0.29, 0.717) is 13.0 Å². The molecule has 0 bridgehead atoms. The van der Waals surface area contributed by atoms with Crippen LogP contribution in [0.25, 0.3) is 0 Å². The standard InChI is InChI=1S/C13H28N2O.ClH/c1-12(2)8-5-3-4-6-11-15-13(16)9-7-10-14;/h12H,3-11,14H2,1-2H3,(H,15,16);1H. The van der Waals surface area contributed by atoms with Gasteiger partial charge in [-0.1, -0.05) is 39.5 Å². The van der Waals surface area contributed by atoms with Crippen LogP contribution in [0.3, 0.4) is 0 Å². The molecule has 0 spiro atoms. The average molecular weight is 265 g/mol. The molecule has 0 saturated heterocycles. The van der Waals surface area contributed by atoms with Crippen LogP contribution in [0.2, 0.25) is 0 Å². The fourth-order valence-corrected chi connectivity index (χ4v) is 1.61. The average Bonchev–Trinajstić information content (AvgIpc) is 2.24. The summed E-state index contributed by atoms with van der Waals surface area (Å²) in [4.78, 5) is 11.2. The highest BCUT2D eigenvalue weighted by Gasteiger charge is 1.99. The number of amides is 1. The van der Waals surface area contributed by atoms with Gasteiger partial charge < -0.3 is 11.1 Å². The van der Waals surface area contributed by atoms with Gasteiger partial charge in [0, 0.05) is 13.0 Å². The lowest BCUT2D eigenvalue weighted by molar-refractivity contribution is -0.121. The molecule has 0 rings (SSSR count). The molecule has 1 amide bonds. The van der Waals surface area contributed by atoms with Gasteiger partial charge in [-0.25, -0.2) is 0 Å². The number of nitrogens with one attached hydrogen (secondary N) is 1. The Labute approximate surface area is 112 Å². The first-order valence-electron chi connectivity index (χ1n) is 6.63. The number of carbonyl (C=O) groups is 1. The SMILES string of the molecule is CC(C)CCCCCCNC(=O)CCCN.Cl. The zero-order valence-electron chi connectivity index (χ0n) is 11.3. The molecule has 0 fully saturated rings. The highest BCUT2D eigenvalue weighted by molar-refractivity contribution is 5.85. The molecule has 104 valence electrons. The van der Waals surface area contributed by atoms with Gasteiger partial charge in [-0.3, -0.25) is 4.79 Å². The van der Waals surface area contributed by atoms with E-state index in [1.807, 2.05) is 0 Å². The highest BCUT2D eigenvalue weighted by atomic mass is 35.5. The molecule has 0 radical (unpaired) electrons. The molecule has 0 aliphatic heterocycles. The number of unbranched alkanes of at least 4 members (excludes halogenated alkanes) is 3. The highest BCUT2D eigenvalue weighted by Crippen LogP contribution is 2.08. The van der Waals surface area contributed by atoms with Crippen LogP contribution in [-0.4, -0.2) is 19.0 Å². The van der Waals surface area contributed by atoms with Gasteiger partial charge in [0.25, 0.3) is 0 Å². The summed E-state index contributed by atoms with van der Waals surface area (Å²) in [7, 11) is 0. The molecule has 4 heteroatoms. The van der Waals surface area contributed by atoms with E-state index in [4.69, 9.17) is 5.73 Å². The Morgan fingerprint density at radius 2 is 1.76 bits per heavy atom. The van der Waals surface area contributed by atoms with Crippen LogP contribution in [0.15, 0.2) is 0 Å². The Bertz CT molecular complexity index is 175. The van der Waals surface area contributed by atoms with E-state index in [1.54, 1.807) is 0 Å². The molecule has 0 saturated carbocycles. The van der Waals surface area contributed by atoms with Crippen LogP contribution < -0.4 is 11.1 Å². The lowest BCUT2D eigenvalue weighted by Gasteiger charge is -2.06. The smallest absolute Gasteiger partial charge is 0.220 e. The van der Waals surface area contributed by atoms with Gasteiger partial charge in [0.2, 0.25) is 5.91 Å². The second-order valence-corrected chi connectivity index (χ2v) is 4.84. The quantitative estimate of drug-likeness (QED) is 0.596. The minimum atomic E-state index is 0. The maximum atomic E-state index is 11.2. The Hall–Kier alpha value is -0.280. The van der Waals surface area contributed by atoms with Crippen LogP contribution in [0, 0.1) is 5.92 Å². The van der Waals surface area contributed by atoms with E-state index in [2.05, 4.69) is 19.2 Å². The fourth-order valence-electron chi connectivity index (χ4n) is 1.61. The van der Waals surface area contributed by atoms with Gasteiger partial charge in [-0.2, -0.15) is 0 Å². The summed E-state index contributed by atoms with van der Waals surface area (Å²) >= 11 is 0. The topological polar surface area (TPSA) is 55.1 Å². The van der Waals surface area contributed by atoms with Crippen LogP contribution >= 0.6 is 12.4 Å². The largest absolute Gasteiger partial charge is 0.356 e. The molecular weight excluding hydrogens is 236 g/mol. The number of halogens is 1. The van der Waals surface area contributed by atoms with E-state index in [0.717, 1.165) is 25.3 Å². The summed E-state index contributed by atoms with van der Waals surface area (Å²) in [5.41, 5.74) is 5.33. The summed E-state index contributed by atoms with van der Waals surface area (Å²) in [6.07, 6.45) is 7.62. The van der Waals surface area contributed by atoms with E-state index in [1.165, 1.54) is 25.7 Å². The summed E-state index contributed by atoms with van der Waals surface area (Å²) < 4.78 is 0. The third kappa shape index (κ3) is 15.7. The molecule has 3 N–H and O–H groups in total. The van der Waals surface area contributed by atoms with Gasteiger partial charge in [-0.15, -0.1) is 12.4 Å². The number of nitrogens with two attached hydrogens (primary N) is 1. The third-order valence-corrected chi connectivity index (χ3v) is 2.64. The predicted molar refractivity (Wildman–Crippen MR) is 76.5 cm³/mol. The van der Waals surface area contributed by atoms with Gasteiger partial charge in [0.05, 0.1) is 0 Å². The van der Waals surface area contributed by atoms with Gasteiger partial charge in [0.1, 0.15) is 0 Å². The van der Waals surface area contributed by atoms with Gasteiger partial charge >= 0.3 is 0 Å². The van der Waals surface area contributed by atoms with E-state index in [9.17, 15) is 4.79 Å². The summed E-state index contributed by atoms with van der Waals surface area (Å²) in [6, 6.07) is 0. The molecule has 0 unspecified atom stereocenters. The number of carbonyl (C=O) groups excluding carboxylic acids is 1. The second-order valence-electron chi connectivity index (χ2n) is 4.84. The number of hydrogen-bond donors (Lipinski definition) is 2. The summed E-state index contributed by atoms with van der Waals surface area (Å²) in [5, 5.41) is 2.92. The fraction of sp³-hybridized carbons (Fsp3) is 0.923. The number of rotatable bonds is 10. The molecule has 3 nitrogen and oxygen atoms in total. The summed E-state index contributed by atoms with van der Waals surface area (Å²) in [6.45, 7) is 5.95. The van der Waals surface area contributed by atoms with Crippen molar-refractivity contribution in [2.24, 2.45) is 11.7 Å². The zero-order valence-corrected chi connectivity index (χ0v) is 12.2. The third-order valence-electron chi connectivity index (χ3n) is 2.64. The van der Waals surface area contributed by atoms with Crippen molar-refractivity contribution in [3.63, 3.8) is 0 Å². The molecule has 0 aromatic heterocycles. The molecule has 0 atom stereocenters. The second kappa shape index (κ2) is 13.8. The van der Waals surface area contributed by atoms with Crippen LogP contribution in [-0.2, 0) is 4.79 Å². The van der Waals surface area contributed by atoms with Crippen molar-refractivity contribution in [3.05, 3.63) is 0 Å². The maximum Gasteiger partial charge on any atom is 0.220 e. The Balaban J connectivity index is 0.